The summed E-state index contributed by atoms with van der Waals surface area (Å²) < 4.78 is 47.3. The molecule has 3 rings (SSSR count). The minimum Gasteiger partial charge on any atom is -0.381 e. The SMILES string of the molecule is O=C(CC1(n2cccc2)CCOCC1)Nc1ccc(F)c(F)c1F. The van der Waals surface area contributed by atoms with Crippen LogP contribution in [0.2, 0.25) is 0 Å². The van der Waals surface area contributed by atoms with Gasteiger partial charge in [-0.1, -0.05) is 0 Å². The van der Waals surface area contributed by atoms with Crippen LogP contribution in [0.3, 0.4) is 0 Å². The molecule has 2 aromatic rings. The van der Waals surface area contributed by atoms with Gasteiger partial charge in [-0.15, -0.1) is 0 Å². The molecule has 1 fully saturated rings. The van der Waals surface area contributed by atoms with E-state index in [1.165, 1.54) is 0 Å². The number of hydrogen-bond acceptors (Lipinski definition) is 2. The van der Waals surface area contributed by atoms with Crippen LogP contribution in [0, 0.1) is 17.5 Å². The third kappa shape index (κ3) is 3.17. The molecule has 0 spiro atoms. The van der Waals surface area contributed by atoms with Gasteiger partial charge in [-0.2, -0.15) is 0 Å². The van der Waals surface area contributed by atoms with Crippen LogP contribution in [0.25, 0.3) is 0 Å². The molecule has 0 aliphatic carbocycles. The molecule has 0 atom stereocenters. The number of ether oxygens (including phenoxy) is 1. The third-order valence-corrected chi connectivity index (χ3v) is 4.37. The summed E-state index contributed by atoms with van der Waals surface area (Å²) in [5, 5.41) is 2.34. The van der Waals surface area contributed by atoms with Crippen molar-refractivity contribution < 1.29 is 22.7 Å². The monoisotopic (exact) mass is 338 g/mol. The van der Waals surface area contributed by atoms with Crippen molar-refractivity contribution in [2.24, 2.45) is 0 Å². The zero-order valence-electron chi connectivity index (χ0n) is 12.9. The van der Waals surface area contributed by atoms with Crippen molar-refractivity contribution in [3.05, 3.63) is 54.1 Å². The first-order chi connectivity index (χ1) is 11.5. The molecule has 1 aliphatic rings. The predicted molar refractivity (Wildman–Crippen MR) is 82.0 cm³/mol. The first-order valence-electron chi connectivity index (χ1n) is 7.66. The number of anilines is 1. The smallest absolute Gasteiger partial charge is 0.226 e. The lowest BCUT2D eigenvalue weighted by Crippen LogP contribution is -2.42. The maximum atomic E-state index is 13.7. The van der Waals surface area contributed by atoms with Crippen LogP contribution >= 0.6 is 0 Å². The molecular formula is C17H17F3N2O2. The fraction of sp³-hybridized carbons (Fsp3) is 0.353. The van der Waals surface area contributed by atoms with Gasteiger partial charge in [0.1, 0.15) is 0 Å². The summed E-state index contributed by atoms with van der Waals surface area (Å²) in [6, 6.07) is 5.52. The quantitative estimate of drug-likeness (QED) is 0.868. The van der Waals surface area contributed by atoms with Crippen LogP contribution in [0.4, 0.5) is 18.9 Å². The topological polar surface area (TPSA) is 43.3 Å². The van der Waals surface area contributed by atoms with Crippen molar-refractivity contribution in [2.45, 2.75) is 24.8 Å². The Hall–Kier alpha value is -2.28. The van der Waals surface area contributed by atoms with E-state index in [1.54, 1.807) is 0 Å². The van der Waals surface area contributed by atoms with Gasteiger partial charge in [0.05, 0.1) is 17.6 Å². The summed E-state index contributed by atoms with van der Waals surface area (Å²) in [5.41, 5.74) is -0.838. The molecular weight excluding hydrogens is 321 g/mol. The fourth-order valence-electron chi connectivity index (χ4n) is 3.04. The van der Waals surface area contributed by atoms with Crippen LogP contribution in [-0.2, 0) is 15.1 Å². The number of carbonyl (C=O) groups is 1. The molecule has 2 heterocycles. The highest BCUT2D eigenvalue weighted by Crippen LogP contribution is 2.33. The molecule has 0 bridgehead atoms. The van der Waals surface area contributed by atoms with Crippen LogP contribution in [0.1, 0.15) is 19.3 Å². The van der Waals surface area contributed by atoms with Crippen molar-refractivity contribution >= 4 is 11.6 Å². The summed E-state index contributed by atoms with van der Waals surface area (Å²) in [4.78, 5) is 12.4. The van der Waals surface area contributed by atoms with E-state index < -0.39 is 28.9 Å². The maximum Gasteiger partial charge on any atom is 0.226 e. The maximum absolute atomic E-state index is 13.7. The summed E-state index contributed by atoms with van der Waals surface area (Å²) in [5.74, 6) is -4.75. The Labute approximate surface area is 137 Å². The van der Waals surface area contributed by atoms with E-state index in [2.05, 4.69) is 5.32 Å². The number of carbonyl (C=O) groups excluding carboxylic acids is 1. The van der Waals surface area contributed by atoms with E-state index in [4.69, 9.17) is 4.74 Å². The van der Waals surface area contributed by atoms with Crippen LogP contribution < -0.4 is 5.32 Å². The van der Waals surface area contributed by atoms with E-state index in [0.29, 0.717) is 26.1 Å². The standard InChI is InChI=1S/C17H17F3N2O2/c18-12-3-4-13(16(20)15(12)19)21-14(23)11-17(5-9-24-10-6-17)22-7-1-2-8-22/h1-4,7-8H,5-6,9-11H2,(H,21,23). The van der Waals surface area contributed by atoms with E-state index >= 15 is 0 Å². The minimum absolute atomic E-state index is 0.0868. The number of rotatable bonds is 4. The second-order valence-corrected chi connectivity index (χ2v) is 5.87. The first kappa shape index (κ1) is 16.6. The van der Waals surface area contributed by atoms with Crippen molar-refractivity contribution in [1.29, 1.82) is 0 Å². The minimum atomic E-state index is -1.60. The number of amides is 1. The lowest BCUT2D eigenvalue weighted by atomic mass is 9.86. The highest BCUT2D eigenvalue weighted by atomic mass is 19.2. The molecule has 0 radical (unpaired) electrons. The number of halogens is 3. The summed E-state index contributed by atoms with van der Waals surface area (Å²) in [6.07, 6.45) is 5.10. The normalized spacial score (nSPS) is 16.8. The van der Waals surface area contributed by atoms with Gasteiger partial charge in [0.2, 0.25) is 5.91 Å². The molecule has 1 amide bonds. The van der Waals surface area contributed by atoms with Gasteiger partial charge < -0.3 is 14.6 Å². The summed E-state index contributed by atoms with van der Waals surface area (Å²) in [6.45, 7) is 1.04. The molecule has 4 nitrogen and oxygen atoms in total. The van der Waals surface area contributed by atoms with Crippen molar-refractivity contribution in [3.8, 4) is 0 Å². The molecule has 1 saturated heterocycles. The first-order valence-corrected chi connectivity index (χ1v) is 7.66. The largest absolute Gasteiger partial charge is 0.381 e. The van der Waals surface area contributed by atoms with E-state index in [1.807, 2.05) is 29.1 Å². The van der Waals surface area contributed by atoms with Gasteiger partial charge in [0.25, 0.3) is 0 Å². The molecule has 7 heteroatoms. The zero-order chi connectivity index (χ0) is 17.2. The number of aromatic nitrogens is 1. The van der Waals surface area contributed by atoms with E-state index in [0.717, 1.165) is 12.1 Å². The Morgan fingerprint density at radius 2 is 1.79 bits per heavy atom. The average Bonchev–Trinajstić information content (AvgIpc) is 3.11. The predicted octanol–water partition coefficient (Wildman–Crippen LogP) is 3.44. The Morgan fingerprint density at radius 1 is 1.12 bits per heavy atom. The van der Waals surface area contributed by atoms with E-state index in [9.17, 15) is 18.0 Å². The van der Waals surface area contributed by atoms with Crippen LogP contribution in [-0.4, -0.2) is 23.7 Å². The van der Waals surface area contributed by atoms with Crippen molar-refractivity contribution in [1.82, 2.24) is 4.57 Å². The lowest BCUT2D eigenvalue weighted by Gasteiger charge is -2.38. The summed E-state index contributed by atoms with van der Waals surface area (Å²) in [7, 11) is 0. The molecule has 1 aliphatic heterocycles. The van der Waals surface area contributed by atoms with Crippen molar-refractivity contribution in [2.75, 3.05) is 18.5 Å². The molecule has 24 heavy (non-hydrogen) atoms. The number of benzene rings is 1. The Kier molecular flexibility index (Phi) is 4.62. The van der Waals surface area contributed by atoms with Crippen molar-refractivity contribution in [3.63, 3.8) is 0 Å². The van der Waals surface area contributed by atoms with Gasteiger partial charge in [-0.25, -0.2) is 13.2 Å². The number of nitrogens with zero attached hydrogens (tertiary/aromatic N) is 1. The van der Waals surface area contributed by atoms with Gasteiger partial charge in [-0.05, 0) is 37.1 Å². The Balaban J connectivity index is 1.79. The molecule has 128 valence electrons. The van der Waals surface area contributed by atoms with Crippen LogP contribution in [0.5, 0.6) is 0 Å². The van der Waals surface area contributed by atoms with E-state index in [-0.39, 0.29) is 12.1 Å². The number of hydrogen-bond donors (Lipinski definition) is 1. The zero-order valence-corrected chi connectivity index (χ0v) is 12.9. The highest BCUT2D eigenvalue weighted by Gasteiger charge is 2.36. The Bertz CT molecular complexity index is 726. The lowest BCUT2D eigenvalue weighted by molar-refractivity contribution is -0.119. The van der Waals surface area contributed by atoms with Gasteiger partial charge in [0, 0.05) is 25.6 Å². The van der Waals surface area contributed by atoms with Gasteiger partial charge in [-0.3, -0.25) is 4.79 Å². The highest BCUT2D eigenvalue weighted by molar-refractivity contribution is 5.91. The molecule has 0 saturated carbocycles. The second-order valence-electron chi connectivity index (χ2n) is 5.87. The van der Waals surface area contributed by atoms with Gasteiger partial charge >= 0.3 is 0 Å². The van der Waals surface area contributed by atoms with Gasteiger partial charge in [0.15, 0.2) is 17.5 Å². The number of nitrogens with one attached hydrogen (secondary N) is 1. The second kappa shape index (κ2) is 6.68. The molecule has 1 aromatic carbocycles. The summed E-state index contributed by atoms with van der Waals surface area (Å²) >= 11 is 0. The van der Waals surface area contributed by atoms with Crippen LogP contribution in [0.15, 0.2) is 36.7 Å². The average molecular weight is 338 g/mol. The molecule has 0 unspecified atom stereocenters. The third-order valence-electron chi connectivity index (χ3n) is 4.37. The molecule has 1 N–H and O–H groups in total. The molecule has 1 aromatic heterocycles. The fourth-order valence-corrected chi connectivity index (χ4v) is 3.04. The Morgan fingerprint density at radius 3 is 2.46 bits per heavy atom.